The second kappa shape index (κ2) is 4.63. The van der Waals surface area contributed by atoms with Gasteiger partial charge < -0.3 is 15.6 Å². The summed E-state index contributed by atoms with van der Waals surface area (Å²) in [5.74, 6) is 0. The van der Waals surface area contributed by atoms with Crippen molar-refractivity contribution in [2.45, 2.75) is 0 Å². The zero-order valence-electron chi connectivity index (χ0n) is 10.5. The maximum Gasteiger partial charge on any atom is 0.0644 e. The highest BCUT2D eigenvalue weighted by atomic mass is 79.9. The number of hydrogen-bond acceptors (Lipinski definition) is 2. The van der Waals surface area contributed by atoms with Crippen LogP contribution < -0.4 is 11.1 Å². The summed E-state index contributed by atoms with van der Waals surface area (Å²) in [5, 5.41) is 4.58. The molecule has 0 aliphatic carbocycles. The molecule has 3 aromatic rings. The minimum absolute atomic E-state index is 0.724. The van der Waals surface area contributed by atoms with Crippen molar-refractivity contribution in [1.82, 2.24) is 4.57 Å². The lowest BCUT2D eigenvalue weighted by atomic mass is 10.2. The van der Waals surface area contributed by atoms with E-state index >= 15 is 0 Å². The predicted octanol–water partition coefficient (Wildman–Crippen LogP) is 4.27. The van der Waals surface area contributed by atoms with E-state index in [0.29, 0.717) is 0 Å². The first kappa shape index (κ1) is 12.1. The van der Waals surface area contributed by atoms with Gasteiger partial charge in [-0.05, 0) is 24.3 Å². The Morgan fingerprint density at radius 3 is 2.68 bits per heavy atom. The molecule has 0 atom stereocenters. The molecule has 0 unspecified atom stereocenters. The molecule has 0 aliphatic heterocycles. The summed E-state index contributed by atoms with van der Waals surface area (Å²) in [7, 11) is 2.04. The molecule has 0 saturated carbocycles. The van der Waals surface area contributed by atoms with E-state index in [1.165, 1.54) is 10.9 Å². The van der Waals surface area contributed by atoms with Crippen LogP contribution in [0.3, 0.4) is 0 Å². The van der Waals surface area contributed by atoms with Gasteiger partial charge in [-0.3, -0.25) is 0 Å². The molecular formula is C15H14BrN3. The summed E-state index contributed by atoms with van der Waals surface area (Å²) >= 11 is 3.41. The molecular weight excluding hydrogens is 302 g/mol. The predicted molar refractivity (Wildman–Crippen MR) is 84.8 cm³/mol. The van der Waals surface area contributed by atoms with E-state index in [0.717, 1.165) is 21.5 Å². The van der Waals surface area contributed by atoms with E-state index < -0.39 is 0 Å². The molecule has 4 heteroatoms. The zero-order valence-corrected chi connectivity index (χ0v) is 12.1. The van der Waals surface area contributed by atoms with Gasteiger partial charge in [-0.1, -0.05) is 34.1 Å². The maximum absolute atomic E-state index is 6.02. The van der Waals surface area contributed by atoms with Crippen LogP contribution in [-0.4, -0.2) is 4.57 Å². The fraction of sp³-hybridized carbons (Fsp3) is 0.0667. The largest absolute Gasteiger partial charge is 0.397 e. The van der Waals surface area contributed by atoms with Gasteiger partial charge in [0.25, 0.3) is 0 Å². The molecule has 0 aliphatic rings. The molecule has 2 aromatic carbocycles. The van der Waals surface area contributed by atoms with Gasteiger partial charge in [-0.25, -0.2) is 0 Å². The van der Waals surface area contributed by atoms with Crippen LogP contribution in [0.25, 0.3) is 10.9 Å². The van der Waals surface area contributed by atoms with Gasteiger partial charge in [-0.2, -0.15) is 0 Å². The van der Waals surface area contributed by atoms with Crippen molar-refractivity contribution in [2.24, 2.45) is 7.05 Å². The molecule has 0 spiro atoms. The van der Waals surface area contributed by atoms with Gasteiger partial charge in [-0.15, -0.1) is 0 Å². The number of para-hydroxylation sites is 1. The summed E-state index contributed by atoms with van der Waals surface area (Å²) in [6.45, 7) is 0. The van der Waals surface area contributed by atoms with E-state index in [-0.39, 0.29) is 0 Å². The number of anilines is 3. The van der Waals surface area contributed by atoms with E-state index in [2.05, 4.69) is 44.1 Å². The fourth-order valence-electron chi connectivity index (χ4n) is 2.23. The number of nitrogens with zero attached hydrogens (tertiary/aromatic N) is 1. The standard InChI is InChI=1S/C15H14BrN3/c1-19-9-14(11-4-2-3-5-15(11)19)18-13-7-6-10(16)8-12(13)17/h2-9,18H,17H2,1H3. The quantitative estimate of drug-likeness (QED) is 0.694. The minimum atomic E-state index is 0.724. The normalized spacial score (nSPS) is 10.8. The molecule has 1 aromatic heterocycles. The molecule has 0 amide bonds. The van der Waals surface area contributed by atoms with Gasteiger partial charge >= 0.3 is 0 Å². The highest BCUT2D eigenvalue weighted by Crippen LogP contribution is 2.31. The molecule has 1 heterocycles. The number of nitrogens with one attached hydrogen (secondary N) is 1. The summed E-state index contributed by atoms with van der Waals surface area (Å²) in [6.07, 6.45) is 2.08. The number of nitrogens with two attached hydrogens (primary N) is 1. The zero-order chi connectivity index (χ0) is 13.4. The van der Waals surface area contributed by atoms with E-state index in [1.54, 1.807) is 0 Å². The molecule has 0 saturated heterocycles. The SMILES string of the molecule is Cn1cc(Nc2ccc(Br)cc2N)c2ccccc21. The maximum atomic E-state index is 6.02. The van der Waals surface area contributed by atoms with Crippen LogP contribution in [0, 0.1) is 0 Å². The molecule has 0 fully saturated rings. The number of nitrogen functional groups attached to an aromatic ring is 1. The summed E-state index contributed by atoms with van der Waals surface area (Å²) in [6, 6.07) is 14.1. The third kappa shape index (κ3) is 2.19. The minimum Gasteiger partial charge on any atom is -0.397 e. The first-order valence-electron chi connectivity index (χ1n) is 6.01. The van der Waals surface area contributed by atoms with Crippen LogP contribution in [0.15, 0.2) is 53.1 Å². The fourth-order valence-corrected chi connectivity index (χ4v) is 2.61. The van der Waals surface area contributed by atoms with E-state index in [9.17, 15) is 0 Å². The van der Waals surface area contributed by atoms with Crippen LogP contribution in [0.4, 0.5) is 17.1 Å². The Bertz CT molecular complexity index is 746. The van der Waals surface area contributed by atoms with Gasteiger partial charge in [0, 0.05) is 28.6 Å². The van der Waals surface area contributed by atoms with Gasteiger partial charge in [0.2, 0.25) is 0 Å². The number of halogens is 1. The second-order valence-electron chi connectivity index (χ2n) is 4.53. The third-order valence-electron chi connectivity index (χ3n) is 3.18. The summed E-state index contributed by atoms with van der Waals surface area (Å²) in [4.78, 5) is 0. The van der Waals surface area contributed by atoms with Gasteiger partial charge in [0.05, 0.1) is 17.1 Å². The average molecular weight is 316 g/mol. The lowest BCUT2D eigenvalue weighted by Crippen LogP contribution is -1.95. The van der Waals surface area contributed by atoms with Gasteiger partial charge in [0.15, 0.2) is 0 Å². The number of benzene rings is 2. The first-order valence-corrected chi connectivity index (χ1v) is 6.80. The first-order chi connectivity index (χ1) is 9.15. The van der Waals surface area contributed by atoms with Crippen molar-refractivity contribution < 1.29 is 0 Å². The number of rotatable bonds is 2. The monoisotopic (exact) mass is 315 g/mol. The number of hydrogen-bond donors (Lipinski definition) is 2. The highest BCUT2D eigenvalue weighted by molar-refractivity contribution is 9.10. The topological polar surface area (TPSA) is 43.0 Å². The van der Waals surface area contributed by atoms with Crippen LogP contribution in [0.1, 0.15) is 0 Å². The Hall–Kier alpha value is -1.94. The highest BCUT2D eigenvalue weighted by Gasteiger charge is 2.07. The molecule has 0 radical (unpaired) electrons. The second-order valence-corrected chi connectivity index (χ2v) is 5.44. The molecule has 3 N–H and O–H groups in total. The Balaban J connectivity index is 2.06. The average Bonchev–Trinajstić information content (AvgIpc) is 2.71. The third-order valence-corrected chi connectivity index (χ3v) is 3.67. The van der Waals surface area contributed by atoms with Crippen molar-refractivity contribution in [3.05, 3.63) is 53.1 Å². The Kier molecular flexibility index (Phi) is 2.95. The van der Waals surface area contributed by atoms with Crippen molar-refractivity contribution in [2.75, 3.05) is 11.1 Å². The molecule has 3 nitrogen and oxygen atoms in total. The number of aromatic nitrogens is 1. The molecule has 96 valence electrons. The van der Waals surface area contributed by atoms with Crippen LogP contribution in [-0.2, 0) is 7.05 Å². The molecule has 0 bridgehead atoms. The summed E-state index contributed by atoms with van der Waals surface area (Å²) < 4.78 is 3.08. The van der Waals surface area contributed by atoms with Crippen molar-refractivity contribution in [3.8, 4) is 0 Å². The molecule has 3 rings (SSSR count). The lowest BCUT2D eigenvalue weighted by Gasteiger charge is -2.08. The van der Waals surface area contributed by atoms with Crippen LogP contribution >= 0.6 is 15.9 Å². The van der Waals surface area contributed by atoms with Crippen molar-refractivity contribution in [3.63, 3.8) is 0 Å². The Morgan fingerprint density at radius 2 is 1.89 bits per heavy atom. The van der Waals surface area contributed by atoms with Crippen molar-refractivity contribution >= 4 is 43.9 Å². The van der Waals surface area contributed by atoms with Gasteiger partial charge in [0.1, 0.15) is 0 Å². The van der Waals surface area contributed by atoms with Crippen LogP contribution in [0.2, 0.25) is 0 Å². The Labute approximate surface area is 120 Å². The Morgan fingerprint density at radius 1 is 1.11 bits per heavy atom. The smallest absolute Gasteiger partial charge is 0.0644 e. The van der Waals surface area contributed by atoms with E-state index in [1.807, 2.05) is 37.4 Å². The number of aryl methyl sites for hydroxylation is 1. The van der Waals surface area contributed by atoms with Crippen molar-refractivity contribution in [1.29, 1.82) is 0 Å². The lowest BCUT2D eigenvalue weighted by molar-refractivity contribution is 0.970. The number of fused-ring (bicyclic) bond motifs is 1. The summed E-state index contributed by atoms with van der Waals surface area (Å²) in [5.41, 5.74) is 9.92. The molecule has 19 heavy (non-hydrogen) atoms. The van der Waals surface area contributed by atoms with Crippen LogP contribution in [0.5, 0.6) is 0 Å². The van der Waals surface area contributed by atoms with E-state index in [4.69, 9.17) is 5.73 Å².